The van der Waals surface area contributed by atoms with Gasteiger partial charge < -0.3 is 4.90 Å². The molecule has 2 rings (SSSR count). The molecule has 0 spiro atoms. The van der Waals surface area contributed by atoms with E-state index >= 15 is 0 Å². The first kappa shape index (κ1) is 16.6. The Hall–Kier alpha value is -1.72. The van der Waals surface area contributed by atoms with Gasteiger partial charge in [0.05, 0.1) is 23.8 Å². The summed E-state index contributed by atoms with van der Waals surface area (Å²) in [5, 5.41) is 3.16. The standard InChI is InChI=1S/C17H23N3OS/c1-4-16-18-15(13-22-16)11-20(3)17(21)12-19(2)10-14-8-6-5-7-9-14/h5-9,13H,4,10-12H2,1-3H3. The maximum Gasteiger partial charge on any atom is 0.236 e. The lowest BCUT2D eigenvalue weighted by Crippen LogP contribution is -2.36. The molecule has 1 amide bonds. The van der Waals surface area contributed by atoms with Crippen molar-refractivity contribution in [3.63, 3.8) is 0 Å². The van der Waals surface area contributed by atoms with Crippen LogP contribution in [0.4, 0.5) is 0 Å². The number of aromatic nitrogens is 1. The Morgan fingerprint density at radius 2 is 1.91 bits per heavy atom. The fourth-order valence-corrected chi connectivity index (χ4v) is 2.95. The zero-order valence-corrected chi connectivity index (χ0v) is 14.3. The monoisotopic (exact) mass is 317 g/mol. The number of rotatable bonds is 7. The predicted molar refractivity (Wildman–Crippen MR) is 90.7 cm³/mol. The summed E-state index contributed by atoms with van der Waals surface area (Å²) >= 11 is 1.66. The molecule has 0 saturated carbocycles. The number of benzene rings is 1. The van der Waals surface area contributed by atoms with Crippen LogP contribution in [0.3, 0.4) is 0 Å². The van der Waals surface area contributed by atoms with Gasteiger partial charge in [-0.1, -0.05) is 37.3 Å². The van der Waals surface area contributed by atoms with E-state index in [0.717, 1.165) is 23.7 Å². The molecule has 0 aliphatic heterocycles. The Bertz CT molecular complexity index is 597. The summed E-state index contributed by atoms with van der Waals surface area (Å²) in [6.45, 7) is 3.86. The topological polar surface area (TPSA) is 36.4 Å². The highest BCUT2D eigenvalue weighted by atomic mass is 32.1. The van der Waals surface area contributed by atoms with Crippen molar-refractivity contribution >= 4 is 17.2 Å². The molecule has 0 N–H and O–H groups in total. The fourth-order valence-electron chi connectivity index (χ4n) is 2.22. The van der Waals surface area contributed by atoms with E-state index in [1.54, 1.807) is 16.2 Å². The summed E-state index contributed by atoms with van der Waals surface area (Å²) in [6, 6.07) is 10.2. The van der Waals surface area contributed by atoms with Gasteiger partial charge in [-0.2, -0.15) is 0 Å². The van der Waals surface area contributed by atoms with Crippen molar-refractivity contribution in [3.05, 3.63) is 52.0 Å². The highest BCUT2D eigenvalue weighted by Gasteiger charge is 2.13. The third kappa shape index (κ3) is 4.93. The molecule has 0 radical (unpaired) electrons. The third-order valence-electron chi connectivity index (χ3n) is 3.43. The lowest BCUT2D eigenvalue weighted by Gasteiger charge is -2.21. The molecule has 0 atom stereocenters. The number of thiazole rings is 1. The van der Waals surface area contributed by atoms with Gasteiger partial charge in [-0.3, -0.25) is 9.69 Å². The molecule has 0 aliphatic rings. The van der Waals surface area contributed by atoms with E-state index in [9.17, 15) is 4.79 Å². The van der Waals surface area contributed by atoms with E-state index in [1.165, 1.54) is 5.56 Å². The van der Waals surface area contributed by atoms with Gasteiger partial charge in [0.15, 0.2) is 0 Å². The summed E-state index contributed by atoms with van der Waals surface area (Å²) < 4.78 is 0. The molecule has 4 nitrogen and oxygen atoms in total. The van der Waals surface area contributed by atoms with Crippen LogP contribution in [0.5, 0.6) is 0 Å². The molecule has 118 valence electrons. The quantitative estimate of drug-likeness (QED) is 0.788. The third-order valence-corrected chi connectivity index (χ3v) is 4.47. The van der Waals surface area contributed by atoms with E-state index in [4.69, 9.17) is 0 Å². The Morgan fingerprint density at radius 1 is 1.18 bits per heavy atom. The zero-order valence-electron chi connectivity index (χ0n) is 13.5. The molecule has 22 heavy (non-hydrogen) atoms. The number of carbonyl (C=O) groups excluding carboxylic acids is 1. The van der Waals surface area contributed by atoms with Gasteiger partial charge >= 0.3 is 0 Å². The summed E-state index contributed by atoms with van der Waals surface area (Å²) in [5.41, 5.74) is 2.19. The highest BCUT2D eigenvalue weighted by Crippen LogP contribution is 2.12. The average molecular weight is 317 g/mol. The molecule has 1 aromatic carbocycles. The van der Waals surface area contributed by atoms with Crippen molar-refractivity contribution in [3.8, 4) is 0 Å². The van der Waals surface area contributed by atoms with Crippen molar-refractivity contribution in [2.45, 2.75) is 26.4 Å². The second-order valence-electron chi connectivity index (χ2n) is 5.49. The molecule has 1 heterocycles. The van der Waals surface area contributed by atoms with Gasteiger partial charge in [0.2, 0.25) is 5.91 Å². The summed E-state index contributed by atoms with van der Waals surface area (Å²) in [4.78, 5) is 20.6. The first-order valence-electron chi connectivity index (χ1n) is 7.48. The number of carbonyl (C=O) groups is 1. The van der Waals surface area contributed by atoms with Crippen LogP contribution < -0.4 is 0 Å². The van der Waals surface area contributed by atoms with Gasteiger partial charge in [0.1, 0.15) is 0 Å². The molecule has 0 bridgehead atoms. The molecular weight excluding hydrogens is 294 g/mol. The van der Waals surface area contributed by atoms with Crippen LogP contribution in [-0.2, 0) is 24.3 Å². The Morgan fingerprint density at radius 3 is 2.55 bits per heavy atom. The predicted octanol–water partition coefficient (Wildman–Crippen LogP) is 2.80. The number of amides is 1. The van der Waals surface area contributed by atoms with Gasteiger partial charge in [-0.05, 0) is 19.0 Å². The highest BCUT2D eigenvalue weighted by molar-refractivity contribution is 7.09. The summed E-state index contributed by atoms with van der Waals surface area (Å²) in [5.74, 6) is 0.115. The van der Waals surface area contributed by atoms with Crippen LogP contribution in [0, 0.1) is 0 Å². The maximum atomic E-state index is 12.3. The van der Waals surface area contributed by atoms with Crippen molar-refractivity contribution in [1.29, 1.82) is 0 Å². The van der Waals surface area contributed by atoms with E-state index in [0.29, 0.717) is 13.1 Å². The van der Waals surface area contributed by atoms with Crippen molar-refractivity contribution < 1.29 is 4.79 Å². The summed E-state index contributed by atoms with van der Waals surface area (Å²) in [7, 11) is 3.81. The molecule has 0 saturated heterocycles. The number of nitrogens with zero attached hydrogens (tertiary/aromatic N) is 3. The zero-order chi connectivity index (χ0) is 15.9. The minimum Gasteiger partial charge on any atom is -0.339 e. The molecular formula is C17H23N3OS. The average Bonchev–Trinajstić information content (AvgIpc) is 2.95. The lowest BCUT2D eigenvalue weighted by molar-refractivity contribution is -0.131. The molecule has 1 aromatic heterocycles. The van der Waals surface area contributed by atoms with Crippen molar-refractivity contribution in [2.75, 3.05) is 20.6 Å². The van der Waals surface area contributed by atoms with E-state index < -0.39 is 0 Å². The lowest BCUT2D eigenvalue weighted by atomic mass is 10.2. The van der Waals surface area contributed by atoms with Crippen LogP contribution in [-0.4, -0.2) is 41.3 Å². The Kier molecular flexibility index (Phi) is 6.10. The number of hydrogen-bond acceptors (Lipinski definition) is 4. The van der Waals surface area contributed by atoms with Crippen LogP contribution in [0.25, 0.3) is 0 Å². The first-order chi connectivity index (χ1) is 10.6. The summed E-state index contributed by atoms with van der Waals surface area (Å²) in [6.07, 6.45) is 0.947. The van der Waals surface area contributed by atoms with Gasteiger partial charge in [-0.15, -0.1) is 11.3 Å². The molecule has 0 aliphatic carbocycles. The number of likely N-dealkylation sites (N-methyl/N-ethyl adjacent to an activating group) is 2. The van der Waals surface area contributed by atoms with Gasteiger partial charge in [0, 0.05) is 19.0 Å². The fraction of sp³-hybridized carbons (Fsp3) is 0.412. The SMILES string of the molecule is CCc1nc(CN(C)C(=O)CN(C)Cc2ccccc2)cs1. The second kappa shape index (κ2) is 8.06. The molecule has 5 heteroatoms. The second-order valence-corrected chi connectivity index (χ2v) is 6.44. The normalized spacial score (nSPS) is 10.9. The largest absolute Gasteiger partial charge is 0.339 e. The smallest absolute Gasteiger partial charge is 0.236 e. The minimum atomic E-state index is 0.115. The van der Waals surface area contributed by atoms with Crippen LogP contribution in [0.15, 0.2) is 35.7 Å². The minimum absolute atomic E-state index is 0.115. The number of aryl methyl sites for hydroxylation is 1. The van der Waals surface area contributed by atoms with Crippen LogP contribution >= 0.6 is 11.3 Å². The van der Waals surface area contributed by atoms with E-state index in [2.05, 4.69) is 24.0 Å². The number of hydrogen-bond donors (Lipinski definition) is 0. The molecule has 0 fully saturated rings. The van der Waals surface area contributed by atoms with Crippen molar-refractivity contribution in [2.24, 2.45) is 0 Å². The maximum absolute atomic E-state index is 12.3. The molecule has 2 aromatic rings. The Balaban J connectivity index is 1.82. The Labute approximate surface area is 136 Å². The molecule has 0 unspecified atom stereocenters. The van der Waals surface area contributed by atoms with Gasteiger partial charge in [0.25, 0.3) is 0 Å². The van der Waals surface area contributed by atoms with E-state index in [1.807, 2.05) is 42.6 Å². The van der Waals surface area contributed by atoms with Gasteiger partial charge in [-0.25, -0.2) is 4.98 Å². The van der Waals surface area contributed by atoms with Crippen LogP contribution in [0.1, 0.15) is 23.2 Å². The van der Waals surface area contributed by atoms with Crippen molar-refractivity contribution in [1.82, 2.24) is 14.8 Å². The first-order valence-corrected chi connectivity index (χ1v) is 8.36. The van der Waals surface area contributed by atoms with Crippen LogP contribution in [0.2, 0.25) is 0 Å². The van der Waals surface area contributed by atoms with E-state index in [-0.39, 0.29) is 5.91 Å².